The molecule has 0 atom stereocenters. The summed E-state index contributed by atoms with van der Waals surface area (Å²) < 4.78 is 0. The molecule has 0 saturated carbocycles. The van der Waals surface area contributed by atoms with E-state index in [9.17, 15) is 0 Å². The van der Waals surface area contributed by atoms with Crippen LogP contribution in [0.25, 0.3) is 11.1 Å². The molecule has 50 heavy (non-hydrogen) atoms. The first kappa shape index (κ1) is 31.2. The highest BCUT2D eigenvalue weighted by atomic mass is 28.3. The number of rotatable bonds is 3. The second-order valence-corrected chi connectivity index (χ2v) is 21.4. The lowest BCUT2D eigenvalue weighted by Crippen LogP contribution is -2.79. The molecule has 0 spiro atoms. The molecule has 6 aromatic carbocycles. The Kier molecular flexibility index (Phi) is 6.62. The van der Waals surface area contributed by atoms with Crippen LogP contribution in [-0.2, 0) is 10.8 Å². The summed E-state index contributed by atoms with van der Waals surface area (Å²) in [6, 6.07) is 48.8. The van der Waals surface area contributed by atoms with E-state index in [1.54, 1.807) is 10.4 Å². The van der Waals surface area contributed by atoms with Crippen LogP contribution < -0.4 is 36.6 Å². The number of para-hydroxylation sites is 1. The minimum atomic E-state index is -2.06. The van der Waals surface area contributed by atoms with Gasteiger partial charge in [-0.2, -0.15) is 0 Å². The van der Waals surface area contributed by atoms with E-state index in [1.807, 2.05) is 0 Å². The van der Waals surface area contributed by atoms with Gasteiger partial charge in [-0.15, -0.1) is 0 Å². The van der Waals surface area contributed by atoms with E-state index in [1.165, 1.54) is 72.8 Å². The Balaban J connectivity index is 1.32. The standard InChI is InChI=1S/C46H45BN2Si/c1-45(2,3)31-24-22-30(23-25-31)34-14-9-10-15-35(34)49-37-17-11-16-36-42(37)47-43-38(48(36)33-28-26-32(27-29-33)46(4,5)6)18-12-20-40(43)50(7,8)41-21-13-19-39(49)44(41)47/h9-29H,1-8H3. The topological polar surface area (TPSA) is 6.48 Å². The van der Waals surface area contributed by atoms with Crippen molar-refractivity contribution in [1.29, 1.82) is 0 Å². The van der Waals surface area contributed by atoms with Crippen molar-refractivity contribution in [1.82, 2.24) is 0 Å². The number of anilines is 6. The van der Waals surface area contributed by atoms with Gasteiger partial charge in [0.1, 0.15) is 8.07 Å². The van der Waals surface area contributed by atoms with E-state index < -0.39 is 8.07 Å². The molecule has 246 valence electrons. The number of hydrogen-bond donors (Lipinski definition) is 0. The summed E-state index contributed by atoms with van der Waals surface area (Å²) in [5, 5.41) is 3.12. The Bertz CT molecular complexity index is 2320. The average Bonchev–Trinajstić information content (AvgIpc) is 3.10. The van der Waals surface area contributed by atoms with E-state index in [4.69, 9.17) is 0 Å². The van der Waals surface area contributed by atoms with Crippen molar-refractivity contribution in [3.8, 4) is 11.1 Å². The minimum absolute atomic E-state index is 0.0973. The van der Waals surface area contributed by atoms with Crippen LogP contribution >= 0.6 is 0 Å². The zero-order chi connectivity index (χ0) is 34.7. The minimum Gasteiger partial charge on any atom is -0.311 e. The summed E-state index contributed by atoms with van der Waals surface area (Å²) in [6.45, 7) is 19.0. The normalized spacial score (nSPS) is 15.2. The van der Waals surface area contributed by atoms with Crippen LogP contribution in [0.1, 0.15) is 52.7 Å². The molecule has 0 aliphatic carbocycles. The third-order valence-electron chi connectivity index (χ3n) is 11.6. The maximum absolute atomic E-state index is 2.59. The summed E-state index contributed by atoms with van der Waals surface area (Å²) in [4.78, 5) is 5.14. The first-order valence-corrected chi connectivity index (χ1v) is 21.2. The van der Waals surface area contributed by atoms with Gasteiger partial charge in [0, 0.05) is 34.0 Å². The Morgan fingerprint density at radius 2 is 0.880 bits per heavy atom. The molecule has 6 aromatic rings. The smallest absolute Gasteiger partial charge is 0.251 e. The highest BCUT2D eigenvalue weighted by molar-refractivity contribution is 7.16. The van der Waals surface area contributed by atoms with Crippen molar-refractivity contribution in [2.75, 3.05) is 9.80 Å². The molecule has 0 aromatic heterocycles. The summed E-state index contributed by atoms with van der Waals surface area (Å²) in [7, 11) is -2.06. The largest absolute Gasteiger partial charge is 0.311 e. The molecule has 3 aliphatic heterocycles. The zero-order valence-electron chi connectivity index (χ0n) is 30.6. The first-order valence-electron chi connectivity index (χ1n) is 18.2. The molecular formula is C46H45BN2Si. The molecule has 3 heterocycles. The van der Waals surface area contributed by atoms with Crippen molar-refractivity contribution < 1.29 is 0 Å². The third kappa shape index (κ3) is 4.40. The summed E-state index contributed by atoms with van der Waals surface area (Å²) in [5.41, 5.74) is 17.5. The van der Waals surface area contributed by atoms with Crippen LogP contribution in [0, 0.1) is 0 Å². The molecule has 0 saturated heterocycles. The second-order valence-electron chi connectivity index (χ2n) is 17.1. The van der Waals surface area contributed by atoms with Crippen LogP contribution in [0.2, 0.25) is 13.1 Å². The van der Waals surface area contributed by atoms with Gasteiger partial charge in [0.15, 0.2) is 0 Å². The van der Waals surface area contributed by atoms with E-state index in [0.717, 1.165) is 0 Å². The van der Waals surface area contributed by atoms with Crippen molar-refractivity contribution >= 4 is 75.7 Å². The molecule has 0 amide bonds. The van der Waals surface area contributed by atoms with E-state index in [2.05, 4.69) is 192 Å². The fourth-order valence-corrected chi connectivity index (χ4v) is 12.2. The summed E-state index contributed by atoms with van der Waals surface area (Å²) in [5.74, 6) is 0. The predicted octanol–water partition coefficient (Wildman–Crippen LogP) is 9.17. The molecule has 0 N–H and O–H groups in total. The summed E-state index contributed by atoms with van der Waals surface area (Å²) in [6.07, 6.45) is 0. The van der Waals surface area contributed by atoms with Gasteiger partial charge >= 0.3 is 0 Å². The van der Waals surface area contributed by atoms with Crippen molar-refractivity contribution in [2.24, 2.45) is 0 Å². The van der Waals surface area contributed by atoms with Gasteiger partial charge in [0.05, 0.1) is 5.69 Å². The monoisotopic (exact) mass is 664 g/mol. The highest BCUT2D eigenvalue weighted by Gasteiger charge is 2.51. The fourth-order valence-electron chi connectivity index (χ4n) is 8.97. The summed E-state index contributed by atoms with van der Waals surface area (Å²) >= 11 is 0. The van der Waals surface area contributed by atoms with Gasteiger partial charge in [0.2, 0.25) is 0 Å². The number of hydrogen-bond acceptors (Lipinski definition) is 2. The quantitative estimate of drug-likeness (QED) is 0.174. The third-order valence-corrected chi connectivity index (χ3v) is 15.2. The molecule has 3 aliphatic rings. The Hall–Kier alpha value is -4.80. The SMILES string of the molecule is CC(C)(C)c1ccc(-c2ccccc2N2c3cccc4c3B3c5c(cccc5[Si](C)(C)c5cccc2c53)N4c2ccc(C(C)(C)C)cc2)cc1. The van der Waals surface area contributed by atoms with E-state index >= 15 is 0 Å². The Morgan fingerprint density at radius 1 is 0.440 bits per heavy atom. The molecule has 4 heteroatoms. The van der Waals surface area contributed by atoms with Crippen LogP contribution in [0.3, 0.4) is 0 Å². The molecule has 0 bridgehead atoms. The van der Waals surface area contributed by atoms with E-state index in [0.29, 0.717) is 0 Å². The van der Waals surface area contributed by atoms with Gasteiger partial charge < -0.3 is 9.80 Å². The van der Waals surface area contributed by atoms with Crippen molar-refractivity contribution in [3.05, 3.63) is 139 Å². The van der Waals surface area contributed by atoms with Gasteiger partial charge in [-0.25, -0.2) is 0 Å². The van der Waals surface area contributed by atoms with Gasteiger partial charge in [-0.3, -0.25) is 0 Å². The highest BCUT2D eigenvalue weighted by Crippen LogP contribution is 2.46. The zero-order valence-corrected chi connectivity index (χ0v) is 31.6. The first-order chi connectivity index (χ1) is 23.9. The van der Waals surface area contributed by atoms with Gasteiger partial charge in [-0.1, -0.05) is 150 Å². The number of nitrogens with zero attached hydrogens (tertiary/aromatic N) is 2. The van der Waals surface area contributed by atoms with E-state index in [-0.39, 0.29) is 17.5 Å². The lowest BCUT2D eigenvalue weighted by atomic mass is 9.33. The fraction of sp³-hybridized carbons (Fsp3) is 0.217. The molecule has 0 radical (unpaired) electrons. The molecule has 9 rings (SSSR count). The maximum atomic E-state index is 2.59. The Labute approximate surface area is 299 Å². The Morgan fingerprint density at radius 3 is 1.44 bits per heavy atom. The maximum Gasteiger partial charge on any atom is 0.251 e. The molecule has 2 nitrogen and oxygen atoms in total. The van der Waals surface area contributed by atoms with Crippen LogP contribution in [0.5, 0.6) is 0 Å². The van der Waals surface area contributed by atoms with Crippen LogP contribution in [-0.4, -0.2) is 14.8 Å². The second kappa shape index (κ2) is 10.6. The average molecular weight is 665 g/mol. The van der Waals surface area contributed by atoms with Crippen molar-refractivity contribution in [3.63, 3.8) is 0 Å². The molecule has 0 fully saturated rings. The number of benzene rings is 6. The lowest BCUT2D eigenvalue weighted by Gasteiger charge is -2.50. The molecule has 0 unspecified atom stereocenters. The predicted molar refractivity (Wildman–Crippen MR) is 220 cm³/mol. The lowest BCUT2D eigenvalue weighted by molar-refractivity contribution is 0.590. The van der Waals surface area contributed by atoms with Crippen LogP contribution in [0.15, 0.2) is 127 Å². The molecular weight excluding hydrogens is 619 g/mol. The van der Waals surface area contributed by atoms with Gasteiger partial charge in [0.25, 0.3) is 6.71 Å². The van der Waals surface area contributed by atoms with Gasteiger partial charge in [-0.05, 0) is 86.4 Å². The van der Waals surface area contributed by atoms with Crippen molar-refractivity contribution in [2.45, 2.75) is 65.5 Å². The van der Waals surface area contributed by atoms with Crippen LogP contribution in [0.4, 0.5) is 34.1 Å².